The van der Waals surface area contributed by atoms with E-state index in [4.69, 9.17) is 0 Å². The zero-order chi connectivity index (χ0) is 8.55. The summed E-state index contributed by atoms with van der Waals surface area (Å²) in [6.07, 6.45) is 3.89. The van der Waals surface area contributed by atoms with E-state index in [-0.39, 0.29) is 0 Å². The fraction of sp³-hybridized carbons (Fsp3) is 0.125. The average Bonchev–Trinajstić information content (AvgIpc) is 2.54. The van der Waals surface area contributed by atoms with Crippen LogP contribution in [0.15, 0.2) is 27.7 Å². The Morgan fingerprint density at radius 2 is 2.33 bits per heavy atom. The highest BCUT2D eigenvalue weighted by Crippen LogP contribution is 2.29. The van der Waals surface area contributed by atoms with Gasteiger partial charge in [-0.2, -0.15) is 5.10 Å². The summed E-state index contributed by atoms with van der Waals surface area (Å²) in [5.74, 6) is 0. The Balaban J connectivity index is 2.82. The van der Waals surface area contributed by atoms with E-state index in [9.17, 15) is 0 Å². The Hall–Kier alpha value is -0.480. The SMILES string of the molecule is CSc1ccc(Br)c2cn[nH]c12. The lowest BCUT2D eigenvalue weighted by atomic mass is 10.3. The van der Waals surface area contributed by atoms with Gasteiger partial charge >= 0.3 is 0 Å². The van der Waals surface area contributed by atoms with Crippen molar-refractivity contribution in [3.63, 3.8) is 0 Å². The standard InChI is InChI=1S/C8H7BrN2S/c1-12-7-3-2-6(9)5-4-10-11-8(5)7/h2-4H,1H3,(H,10,11). The smallest absolute Gasteiger partial charge is 0.0797 e. The molecule has 0 spiro atoms. The molecule has 0 aliphatic rings. The van der Waals surface area contributed by atoms with Crippen molar-refractivity contribution >= 4 is 38.6 Å². The highest BCUT2D eigenvalue weighted by molar-refractivity contribution is 9.10. The molecule has 0 radical (unpaired) electrons. The lowest BCUT2D eigenvalue weighted by molar-refractivity contribution is 1.11. The van der Waals surface area contributed by atoms with Gasteiger partial charge in [-0.25, -0.2) is 0 Å². The lowest BCUT2D eigenvalue weighted by Crippen LogP contribution is -1.75. The molecule has 12 heavy (non-hydrogen) atoms. The molecule has 0 aliphatic carbocycles. The van der Waals surface area contributed by atoms with E-state index in [1.165, 1.54) is 4.90 Å². The van der Waals surface area contributed by atoms with Crippen molar-refractivity contribution in [1.29, 1.82) is 0 Å². The third kappa shape index (κ3) is 1.15. The van der Waals surface area contributed by atoms with E-state index in [0.717, 1.165) is 15.4 Å². The molecule has 62 valence electrons. The molecular weight excluding hydrogens is 236 g/mol. The van der Waals surface area contributed by atoms with Gasteiger partial charge in [0, 0.05) is 14.8 Å². The van der Waals surface area contributed by atoms with Crippen molar-refractivity contribution in [1.82, 2.24) is 10.2 Å². The number of benzene rings is 1. The molecule has 4 heteroatoms. The summed E-state index contributed by atoms with van der Waals surface area (Å²) < 4.78 is 1.09. The number of hydrogen-bond acceptors (Lipinski definition) is 2. The van der Waals surface area contributed by atoms with Crippen LogP contribution in [0.4, 0.5) is 0 Å². The van der Waals surface area contributed by atoms with Gasteiger partial charge in [0.15, 0.2) is 0 Å². The van der Waals surface area contributed by atoms with Crippen molar-refractivity contribution < 1.29 is 0 Å². The van der Waals surface area contributed by atoms with Crippen molar-refractivity contribution in [2.24, 2.45) is 0 Å². The van der Waals surface area contributed by atoms with E-state index < -0.39 is 0 Å². The number of rotatable bonds is 1. The number of hydrogen-bond donors (Lipinski definition) is 1. The number of aromatic amines is 1. The van der Waals surface area contributed by atoms with Crippen molar-refractivity contribution in [3.8, 4) is 0 Å². The Labute approximate surface area is 82.9 Å². The van der Waals surface area contributed by atoms with Crippen LogP contribution < -0.4 is 0 Å². The highest BCUT2D eigenvalue weighted by atomic mass is 79.9. The van der Waals surface area contributed by atoms with E-state index in [1.807, 2.05) is 12.3 Å². The van der Waals surface area contributed by atoms with Crippen LogP contribution in [-0.4, -0.2) is 16.5 Å². The summed E-state index contributed by atoms with van der Waals surface area (Å²) in [5.41, 5.74) is 1.11. The van der Waals surface area contributed by atoms with E-state index in [0.29, 0.717) is 0 Å². The van der Waals surface area contributed by atoms with Crippen molar-refractivity contribution in [3.05, 3.63) is 22.8 Å². The van der Waals surface area contributed by atoms with Gasteiger partial charge < -0.3 is 0 Å². The summed E-state index contributed by atoms with van der Waals surface area (Å²) in [7, 11) is 0. The minimum atomic E-state index is 1.09. The first-order valence-electron chi connectivity index (χ1n) is 3.48. The molecule has 0 amide bonds. The molecule has 0 saturated heterocycles. The number of nitrogens with zero attached hydrogens (tertiary/aromatic N) is 1. The maximum absolute atomic E-state index is 4.00. The second-order valence-corrected chi connectivity index (χ2v) is 4.11. The van der Waals surface area contributed by atoms with Crippen LogP contribution in [0.5, 0.6) is 0 Å². The molecule has 0 fully saturated rings. The van der Waals surface area contributed by atoms with Gasteiger partial charge in [-0.3, -0.25) is 5.10 Å². The molecule has 1 N–H and O–H groups in total. The maximum Gasteiger partial charge on any atom is 0.0797 e. The first-order valence-corrected chi connectivity index (χ1v) is 5.50. The van der Waals surface area contributed by atoms with Crippen LogP contribution in [0.2, 0.25) is 0 Å². The molecule has 1 heterocycles. The molecule has 0 atom stereocenters. The number of thioether (sulfide) groups is 1. The molecule has 2 nitrogen and oxygen atoms in total. The largest absolute Gasteiger partial charge is 0.277 e. The highest BCUT2D eigenvalue weighted by Gasteiger charge is 2.04. The first-order chi connectivity index (χ1) is 5.83. The van der Waals surface area contributed by atoms with Crippen LogP contribution in [0.1, 0.15) is 0 Å². The zero-order valence-corrected chi connectivity index (χ0v) is 8.87. The van der Waals surface area contributed by atoms with Gasteiger partial charge in [-0.15, -0.1) is 11.8 Å². The summed E-state index contributed by atoms with van der Waals surface area (Å²) in [6, 6.07) is 4.12. The van der Waals surface area contributed by atoms with E-state index >= 15 is 0 Å². The number of aromatic nitrogens is 2. The maximum atomic E-state index is 4.00. The average molecular weight is 243 g/mol. The van der Waals surface area contributed by atoms with E-state index in [2.05, 4.69) is 38.4 Å². The lowest BCUT2D eigenvalue weighted by Gasteiger charge is -1.98. The fourth-order valence-electron chi connectivity index (χ4n) is 1.15. The topological polar surface area (TPSA) is 28.7 Å². The summed E-state index contributed by atoms with van der Waals surface area (Å²) in [4.78, 5) is 1.23. The third-order valence-electron chi connectivity index (χ3n) is 1.74. The Bertz CT molecular complexity index is 410. The molecule has 0 saturated carbocycles. The van der Waals surface area contributed by atoms with Crippen molar-refractivity contribution in [2.45, 2.75) is 4.90 Å². The molecule has 1 aromatic carbocycles. The van der Waals surface area contributed by atoms with Gasteiger partial charge in [0.25, 0.3) is 0 Å². The summed E-state index contributed by atoms with van der Waals surface area (Å²) in [6.45, 7) is 0. The number of H-pyrrole nitrogens is 1. The quantitative estimate of drug-likeness (QED) is 0.780. The number of fused-ring (bicyclic) bond motifs is 1. The molecular formula is C8H7BrN2S. The Morgan fingerprint density at radius 1 is 1.50 bits per heavy atom. The molecule has 0 bridgehead atoms. The van der Waals surface area contributed by atoms with Gasteiger partial charge in [0.1, 0.15) is 0 Å². The Morgan fingerprint density at radius 3 is 3.08 bits per heavy atom. The second-order valence-electron chi connectivity index (χ2n) is 2.41. The summed E-state index contributed by atoms with van der Waals surface area (Å²) >= 11 is 5.19. The molecule has 2 aromatic rings. The first kappa shape index (κ1) is 8.13. The normalized spacial score (nSPS) is 10.8. The second kappa shape index (κ2) is 3.11. The van der Waals surface area contributed by atoms with Crippen molar-refractivity contribution in [2.75, 3.05) is 6.26 Å². The molecule has 0 aliphatic heterocycles. The van der Waals surface area contributed by atoms with Crippen LogP contribution in [-0.2, 0) is 0 Å². The predicted octanol–water partition coefficient (Wildman–Crippen LogP) is 3.05. The minimum Gasteiger partial charge on any atom is -0.277 e. The van der Waals surface area contributed by atoms with Crippen LogP contribution in [0.25, 0.3) is 10.9 Å². The predicted molar refractivity (Wildman–Crippen MR) is 55.6 cm³/mol. The van der Waals surface area contributed by atoms with Gasteiger partial charge in [-0.1, -0.05) is 15.9 Å². The van der Waals surface area contributed by atoms with Gasteiger partial charge in [0.2, 0.25) is 0 Å². The van der Waals surface area contributed by atoms with Gasteiger partial charge in [0.05, 0.1) is 11.7 Å². The molecule has 1 aromatic heterocycles. The van der Waals surface area contributed by atoms with Crippen LogP contribution in [0.3, 0.4) is 0 Å². The van der Waals surface area contributed by atoms with E-state index in [1.54, 1.807) is 11.8 Å². The Kier molecular flexibility index (Phi) is 2.11. The fourth-order valence-corrected chi connectivity index (χ4v) is 2.14. The minimum absolute atomic E-state index is 1.09. The molecule has 0 unspecified atom stereocenters. The summed E-state index contributed by atoms with van der Waals surface area (Å²) in [5, 5.41) is 8.12. The monoisotopic (exact) mass is 242 g/mol. The van der Waals surface area contributed by atoms with Crippen LogP contribution >= 0.6 is 27.7 Å². The third-order valence-corrected chi connectivity index (χ3v) is 3.22. The number of halogens is 1. The van der Waals surface area contributed by atoms with Crippen LogP contribution in [0, 0.1) is 0 Å². The molecule has 2 rings (SSSR count). The van der Waals surface area contributed by atoms with Gasteiger partial charge in [-0.05, 0) is 18.4 Å². The number of nitrogens with one attached hydrogen (secondary N) is 1. The zero-order valence-electron chi connectivity index (χ0n) is 6.47.